The van der Waals surface area contributed by atoms with Gasteiger partial charge in [0.25, 0.3) is 0 Å². The number of nitrogens with two attached hydrogens (primary N) is 1. The molecule has 0 atom stereocenters. The molecule has 0 unspecified atom stereocenters. The number of anilines is 1. The Hall–Kier alpha value is -1.82. The molecule has 0 saturated heterocycles. The van der Waals surface area contributed by atoms with Gasteiger partial charge in [0.15, 0.2) is 5.01 Å². The maximum Gasteiger partial charge on any atom is 0.203 e. The zero-order valence-corrected chi connectivity index (χ0v) is 10.9. The summed E-state index contributed by atoms with van der Waals surface area (Å²) in [4.78, 5) is 0. The molecule has 96 valence electrons. The summed E-state index contributed by atoms with van der Waals surface area (Å²) in [6.45, 7) is 3.18. The normalized spacial score (nSPS) is 10.3. The van der Waals surface area contributed by atoms with Gasteiger partial charge in [0, 0.05) is 0 Å². The van der Waals surface area contributed by atoms with E-state index in [-0.39, 0.29) is 0 Å². The minimum absolute atomic E-state index is 0.379. The Morgan fingerprint density at radius 1 is 1.11 bits per heavy atom. The van der Waals surface area contributed by atoms with Gasteiger partial charge in [-0.1, -0.05) is 18.3 Å². The zero-order chi connectivity index (χ0) is 12.8. The second kappa shape index (κ2) is 6.20. The van der Waals surface area contributed by atoms with Crippen molar-refractivity contribution in [2.45, 2.75) is 20.0 Å². The van der Waals surface area contributed by atoms with Crippen molar-refractivity contribution < 1.29 is 9.47 Å². The highest BCUT2D eigenvalue weighted by atomic mass is 32.1. The highest BCUT2D eigenvalue weighted by Gasteiger charge is 2.02. The maximum absolute atomic E-state index is 5.56. The van der Waals surface area contributed by atoms with Gasteiger partial charge in [-0.05, 0) is 30.7 Å². The fourth-order valence-corrected chi connectivity index (χ4v) is 1.84. The fraction of sp³-hybridized carbons (Fsp3) is 0.333. The van der Waals surface area contributed by atoms with Crippen LogP contribution in [0.15, 0.2) is 24.3 Å². The molecule has 2 N–H and O–H groups in total. The van der Waals surface area contributed by atoms with Crippen molar-refractivity contribution in [3.8, 4) is 11.5 Å². The molecule has 0 saturated carbocycles. The third kappa shape index (κ3) is 3.59. The Morgan fingerprint density at radius 2 is 1.78 bits per heavy atom. The molecule has 0 aliphatic carbocycles. The van der Waals surface area contributed by atoms with Gasteiger partial charge < -0.3 is 15.2 Å². The quantitative estimate of drug-likeness (QED) is 0.869. The Kier molecular flexibility index (Phi) is 4.35. The molecule has 1 aromatic heterocycles. The number of aromatic nitrogens is 2. The lowest BCUT2D eigenvalue weighted by Crippen LogP contribution is -1.96. The summed E-state index contributed by atoms with van der Waals surface area (Å²) in [5, 5.41) is 8.82. The molecule has 2 aromatic rings. The number of nitrogen functional groups attached to an aromatic ring is 1. The minimum Gasteiger partial charge on any atom is -0.494 e. The summed E-state index contributed by atoms with van der Waals surface area (Å²) in [5.41, 5.74) is 5.49. The first kappa shape index (κ1) is 12.6. The van der Waals surface area contributed by atoms with E-state index in [1.807, 2.05) is 24.3 Å². The van der Waals surface area contributed by atoms with E-state index in [0.29, 0.717) is 11.7 Å². The fourth-order valence-electron chi connectivity index (χ4n) is 1.32. The highest BCUT2D eigenvalue weighted by Crippen LogP contribution is 2.19. The molecule has 6 heteroatoms. The molecule has 0 aliphatic rings. The maximum atomic E-state index is 5.56. The molecule has 0 radical (unpaired) electrons. The van der Waals surface area contributed by atoms with Crippen LogP contribution in [0, 0.1) is 0 Å². The molecular formula is C12H15N3O2S. The second-order valence-electron chi connectivity index (χ2n) is 3.64. The van der Waals surface area contributed by atoms with Crippen LogP contribution in [-0.4, -0.2) is 16.8 Å². The lowest BCUT2D eigenvalue weighted by Gasteiger charge is -2.06. The van der Waals surface area contributed by atoms with Crippen LogP contribution in [-0.2, 0) is 6.61 Å². The molecule has 5 nitrogen and oxygen atoms in total. The molecule has 0 amide bonds. The summed E-state index contributed by atoms with van der Waals surface area (Å²) < 4.78 is 11.0. The van der Waals surface area contributed by atoms with Gasteiger partial charge in [-0.15, -0.1) is 10.2 Å². The number of hydrogen-bond donors (Lipinski definition) is 1. The summed E-state index contributed by atoms with van der Waals surface area (Å²) in [7, 11) is 0. The van der Waals surface area contributed by atoms with E-state index in [2.05, 4.69) is 17.1 Å². The van der Waals surface area contributed by atoms with E-state index in [9.17, 15) is 0 Å². The molecule has 0 aliphatic heterocycles. The van der Waals surface area contributed by atoms with Crippen molar-refractivity contribution in [3.05, 3.63) is 29.3 Å². The van der Waals surface area contributed by atoms with E-state index >= 15 is 0 Å². The highest BCUT2D eigenvalue weighted by molar-refractivity contribution is 7.15. The van der Waals surface area contributed by atoms with E-state index in [4.69, 9.17) is 15.2 Å². The van der Waals surface area contributed by atoms with E-state index < -0.39 is 0 Å². The number of rotatable bonds is 6. The van der Waals surface area contributed by atoms with Gasteiger partial charge in [-0.25, -0.2) is 0 Å². The van der Waals surface area contributed by atoms with Gasteiger partial charge in [-0.2, -0.15) is 0 Å². The van der Waals surface area contributed by atoms with Crippen LogP contribution in [0.1, 0.15) is 18.4 Å². The zero-order valence-electron chi connectivity index (χ0n) is 10.1. The Bertz CT molecular complexity index is 484. The third-order valence-electron chi connectivity index (χ3n) is 2.14. The Balaban J connectivity index is 1.86. The van der Waals surface area contributed by atoms with Crippen LogP contribution in [0.3, 0.4) is 0 Å². The first-order valence-corrected chi connectivity index (χ1v) is 6.53. The van der Waals surface area contributed by atoms with Crippen LogP contribution < -0.4 is 15.2 Å². The van der Waals surface area contributed by atoms with Crippen molar-refractivity contribution in [2.75, 3.05) is 12.3 Å². The van der Waals surface area contributed by atoms with Gasteiger partial charge in [0.2, 0.25) is 5.13 Å². The SMILES string of the molecule is CCCOc1ccc(OCc2nnc(N)s2)cc1. The number of ether oxygens (including phenoxy) is 2. The van der Waals surface area contributed by atoms with Crippen LogP contribution in [0.5, 0.6) is 11.5 Å². The van der Waals surface area contributed by atoms with Crippen molar-refractivity contribution >= 4 is 16.5 Å². The Labute approximate surface area is 110 Å². The summed E-state index contributed by atoms with van der Waals surface area (Å²) in [6, 6.07) is 7.52. The molecule has 0 fully saturated rings. The lowest BCUT2D eigenvalue weighted by molar-refractivity contribution is 0.300. The summed E-state index contributed by atoms with van der Waals surface area (Å²) in [6.07, 6.45) is 0.997. The molecule has 1 aromatic carbocycles. The van der Waals surface area contributed by atoms with Gasteiger partial charge in [-0.3, -0.25) is 0 Å². The average molecular weight is 265 g/mol. The minimum atomic E-state index is 0.379. The van der Waals surface area contributed by atoms with Crippen molar-refractivity contribution in [3.63, 3.8) is 0 Å². The molecular weight excluding hydrogens is 250 g/mol. The topological polar surface area (TPSA) is 70.3 Å². The Morgan fingerprint density at radius 3 is 2.33 bits per heavy atom. The molecule has 0 bridgehead atoms. The van der Waals surface area contributed by atoms with Gasteiger partial charge in [0.05, 0.1) is 6.61 Å². The van der Waals surface area contributed by atoms with Crippen LogP contribution in [0.2, 0.25) is 0 Å². The van der Waals surface area contributed by atoms with Crippen LogP contribution >= 0.6 is 11.3 Å². The largest absolute Gasteiger partial charge is 0.494 e. The predicted molar refractivity (Wildman–Crippen MR) is 70.9 cm³/mol. The smallest absolute Gasteiger partial charge is 0.203 e. The lowest BCUT2D eigenvalue weighted by atomic mass is 10.3. The van der Waals surface area contributed by atoms with Gasteiger partial charge >= 0.3 is 0 Å². The predicted octanol–water partition coefficient (Wildman–Crippen LogP) is 2.49. The van der Waals surface area contributed by atoms with Gasteiger partial charge in [0.1, 0.15) is 18.1 Å². The molecule has 2 rings (SSSR count). The van der Waals surface area contributed by atoms with Crippen LogP contribution in [0.25, 0.3) is 0 Å². The molecule has 1 heterocycles. The van der Waals surface area contributed by atoms with E-state index in [1.54, 1.807) is 0 Å². The molecule has 0 spiro atoms. The van der Waals surface area contributed by atoms with Crippen molar-refractivity contribution in [1.29, 1.82) is 0 Å². The second-order valence-corrected chi connectivity index (χ2v) is 4.74. The first-order valence-electron chi connectivity index (χ1n) is 5.71. The summed E-state index contributed by atoms with van der Waals surface area (Å²) in [5.74, 6) is 1.62. The standard InChI is InChI=1S/C12H15N3O2S/c1-2-7-16-9-3-5-10(6-4-9)17-8-11-14-15-12(13)18-11/h3-6H,2,7-8H2,1H3,(H2,13,15). The molecule has 18 heavy (non-hydrogen) atoms. The monoisotopic (exact) mass is 265 g/mol. The van der Waals surface area contributed by atoms with Crippen LogP contribution in [0.4, 0.5) is 5.13 Å². The third-order valence-corrected chi connectivity index (χ3v) is 2.87. The average Bonchev–Trinajstić information content (AvgIpc) is 2.81. The number of benzene rings is 1. The first-order chi connectivity index (χ1) is 8.78. The summed E-state index contributed by atoms with van der Waals surface area (Å²) >= 11 is 1.33. The van der Waals surface area contributed by atoms with Crippen molar-refractivity contribution in [1.82, 2.24) is 10.2 Å². The number of hydrogen-bond acceptors (Lipinski definition) is 6. The van der Waals surface area contributed by atoms with Crippen molar-refractivity contribution in [2.24, 2.45) is 0 Å². The van der Waals surface area contributed by atoms with E-state index in [0.717, 1.165) is 29.5 Å². The number of nitrogens with zero attached hydrogens (tertiary/aromatic N) is 2. The van der Waals surface area contributed by atoms with E-state index in [1.165, 1.54) is 11.3 Å².